The lowest BCUT2D eigenvalue weighted by atomic mass is 9.97. The molecule has 9 heteroatoms. The molecule has 0 spiro atoms. The standard InChI is InChI=1S/C18H29O8P/c1-5-25-27(22,26-6-2)14-12-10-8-7-9-11-13(19)15(17(20)23-3)16(14)18(21)24-4/h19H,5-12H2,1-4H3/b15-13?,16-14-. The van der Waals surface area contributed by atoms with Gasteiger partial charge in [-0.15, -0.1) is 0 Å². The Bertz CT molecular complexity index is 640. The molecule has 0 aromatic rings. The number of carbonyl (C=O) groups is 2. The monoisotopic (exact) mass is 404 g/mol. The Hall–Kier alpha value is -1.63. The smallest absolute Gasteiger partial charge is 0.358 e. The van der Waals surface area contributed by atoms with Crippen molar-refractivity contribution in [3.63, 3.8) is 0 Å². The van der Waals surface area contributed by atoms with E-state index in [4.69, 9.17) is 18.5 Å². The van der Waals surface area contributed by atoms with Gasteiger partial charge in [-0.2, -0.15) is 0 Å². The molecule has 0 saturated carbocycles. The quantitative estimate of drug-likeness (QED) is 0.501. The van der Waals surface area contributed by atoms with Crippen molar-refractivity contribution in [2.24, 2.45) is 0 Å². The van der Waals surface area contributed by atoms with Crippen molar-refractivity contribution in [3.8, 4) is 0 Å². The number of carbonyl (C=O) groups excluding carboxylic acids is 2. The molecule has 0 radical (unpaired) electrons. The highest BCUT2D eigenvalue weighted by Crippen LogP contribution is 2.60. The number of rotatable bonds is 7. The summed E-state index contributed by atoms with van der Waals surface area (Å²) in [4.78, 5) is 25.0. The van der Waals surface area contributed by atoms with E-state index in [1.165, 1.54) is 0 Å². The van der Waals surface area contributed by atoms with Gasteiger partial charge in [-0.05, 0) is 33.1 Å². The van der Waals surface area contributed by atoms with Gasteiger partial charge < -0.3 is 23.6 Å². The number of hydrogen-bond acceptors (Lipinski definition) is 8. The van der Waals surface area contributed by atoms with Crippen molar-refractivity contribution in [1.82, 2.24) is 0 Å². The molecule has 0 fully saturated rings. The third-order valence-electron chi connectivity index (χ3n) is 4.11. The van der Waals surface area contributed by atoms with Crippen LogP contribution in [0.25, 0.3) is 0 Å². The van der Waals surface area contributed by atoms with Gasteiger partial charge in [-0.25, -0.2) is 9.59 Å². The van der Waals surface area contributed by atoms with Crippen molar-refractivity contribution >= 4 is 19.5 Å². The van der Waals surface area contributed by atoms with Gasteiger partial charge in [-0.3, -0.25) is 4.57 Å². The van der Waals surface area contributed by atoms with Crippen LogP contribution in [0.5, 0.6) is 0 Å². The zero-order valence-electron chi connectivity index (χ0n) is 16.4. The summed E-state index contributed by atoms with van der Waals surface area (Å²) in [6, 6.07) is 0. The van der Waals surface area contributed by atoms with E-state index in [-0.39, 0.29) is 48.3 Å². The second-order valence-corrected chi connectivity index (χ2v) is 7.92. The van der Waals surface area contributed by atoms with Gasteiger partial charge in [-0.1, -0.05) is 12.8 Å². The summed E-state index contributed by atoms with van der Waals surface area (Å²) in [5, 5.41) is 10.6. The van der Waals surface area contributed by atoms with Gasteiger partial charge >= 0.3 is 19.5 Å². The maximum Gasteiger partial charge on any atom is 0.358 e. The molecule has 154 valence electrons. The van der Waals surface area contributed by atoms with Crippen LogP contribution in [0, 0.1) is 0 Å². The lowest BCUT2D eigenvalue weighted by Gasteiger charge is -2.24. The zero-order chi connectivity index (χ0) is 20.4. The molecule has 8 nitrogen and oxygen atoms in total. The van der Waals surface area contributed by atoms with Gasteiger partial charge in [0.2, 0.25) is 0 Å². The van der Waals surface area contributed by atoms with Gasteiger partial charge in [0.1, 0.15) is 11.3 Å². The van der Waals surface area contributed by atoms with E-state index in [2.05, 4.69) is 0 Å². The fourth-order valence-corrected chi connectivity index (χ4v) is 4.90. The Labute approximate surface area is 160 Å². The van der Waals surface area contributed by atoms with Crippen molar-refractivity contribution < 1.29 is 37.8 Å². The summed E-state index contributed by atoms with van der Waals surface area (Å²) < 4.78 is 33.9. The molecule has 0 saturated heterocycles. The molecule has 0 aromatic carbocycles. The van der Waals surface area contributed by atoms with Crippen LogP contribution in [0.15, 0.2) is 22.2 Å². The SMILES string of the molecule is CCOP(=O)(OCC)/C1=C(\C(=O)OC)C(C(=O)OC)=C(O)CCCCCC1. The molecular formula is C18H29O8P. The second kappa shape index (κ2) is 11.3. The molecule has 27 heavy (non-hydrogen) atoms. The van der Waals surface area contributed by atoms with E-state index < -0.39 is 19.5 Å². The van der Waals surface area contributed by atoms with Crippen molar-refractivity contribution in [1.29, 1.82) is 0 Å². The predicted octanol–water partition coefficient (Wildman–Crippen LogP) is 4.02. The first-order valence-corrected chi connectivity index (χ1v) is 10.6. The molecule has 0 bridgehead atoms. The van der Waals surface area contributed by atoms with Crippen LogP contribution in [0.1, 0.15) is 52.4 Å². The lowest BCUT2D eigenvalue weighted by molar-refractivity contribution is -0.139. The van der Waals surface area contributed by atoms with Crippen molar-refractivity contribution in [2.45, 2.75) is 52.4 Å². The van der Waals surface area contributed by atoms with Crippen LogP contribution in [0.3, 0.4) is 0 Å². The molecule has 1 aliphatic carbocycles. The minimum Gasteiger partial charge on any atom is -0.511 e. The van der Waals surface area contributed by atoms with E-state index in [0.717, 1.165) is 27.1 Å². The van der Waals surface area contributed by atoms with Gasteiger partial charge in [0, 0.05) is 6.42 Å². The largest absolute Gasteiger partial charge is 0.511 e. The number of aliphatic hydroxyl groups is 1. The Morgan fingerprint density at radius 3 is 1.85 bits per heavy atom. The third kappa shape index (κ3) is 5.92. The first-order valence-electron chi connectivity index (χ1n) is 9.08. The van der Waals surface area contributed by atoms with Crippen LogP contribution < -0.4 is 0 Å². The average molecular weight is 404 g/mol. The molecule has 1 N–H and O–H groups in total. The summed E-state index contributed by atoms with van der Waals surface area (Å²) in [6.45, 7) is 3.47. The first kappa shape index (κ1) is 23.4. The highest BCUT2D eigenvalue weighted by Gasteiger charge is 2.39. The van der Waals surface area contributed by atoms with Gasteiger partial charge in [0.25, 0.3) is 0 Å². The summed E-state index contributed by atoms with van der Waals surface area (Å²) in [5.41, 5.74) is -0.644. The fourth-order valence-electron chi connectivity index (χ4n) is 2.93. The summed E-state index contributed by atoms with van der Waals surface area (Å²) in [7, 11) is -1.60. The zero-order valence-corrected chi connectivity index (χ0v) is 17.3. The maximum atomic E-state index is 13.5. The first-order chi connectivity index (χ1) is 12.9. The number of aliphatic hydroxyl groups excluding tert-OH is 1. The Morgan fingerprint density at radius 1 is 0.889 bits per heavy atom. The fraction of sp³-hybridized carbons (Fsp3) is 0.667. The second-order valence-electron chi connectivity index (χ2n) is 5.87. The molecule has 0 atom stereocenters. The van der Waals surface area contributed by atoms with Crippen molar-refractivity contribution in [3.05, 3.63) is 22.2 Å². The van der Waals surface area contributed by atoms with Crippen LogP contribution in [-0.2, 0) is 32.7 Å². The minimum absolute atomic E-state index is 0.0342. The summed E-state index contributed by atoms with van der Waals surface area (Å²) in [6.07, 6.45) is 3.27. The molecule has 0 unspecified atom stereocenters. The normalized spacial score (nSPS) is 19.6. The highest BCUT2D eigenvalue weighted by atomic mass is 31.2. The van der Waals surface area contributed by atoms with Crippen LogP contribution in [0.4, 0.5) is 0 Å². The maximum absolute atomic E-state index is 13.5. The Balaban J connectivity index is 3.85. The van der Waals surface area contributed by atoms with E-state index >= 15 is 0 Å². The molecule has 1 aliphatic rings. The molecule has 0 heterocycles. The summed E-state index contributed by atoms with van der Waals surface area (Å²) >= 11 is 0. The Kier molecular flexibility index (Phi) is 9.77. The van der Waals surface area contributed by atoms with Crippen molar-refractivity contribution in [2.75, 3.05) is 27.4 Å². The predicted molar refractivity (Wildman–Crippen MR) is 99.3 cm³/mol. The molecule has 0 aromatic heterocycles. The van der Waals surface area contributed by atoms with E-state index in [0.29, 0.717) is 12.8 Å². The van der Waals surface area contributed by atoms with Crippen LogP contribution in [0.2, 0.25) is 0 Å². The minimum atomic E-state index is -3.89. The highest BCUT2D eigenvalue weighted by molar-refractivity contribution is 7.58. The lowest BCUT2D eigenvalue weighted by Crippen LogP contribution is -2.20. The molecular weight excluding hydrogens is 375 g/mol. The Morgan fingerprint density at radius 2 is 1.37 bits per heavy atom. The van der Waals surface area contributed by atoms with Crippen LogP contribution in [-0.4, -0.2) is 44.5 Å². The third-order valence-corrected chi connectivity index (χ3v) is 6.42. The van der Waals surface area contributed by atoms with E-state index in [9.17, 15) is 19.3 Å². The summed E-state index contributed by atoms with van der Waals surface area (Å²) in [5.74, 6) is -2.12. The van der Waals surface area contributed by atoms with Gasteiger partial charge in [0.15, 0.2) is 0 Å². The number of hydrogen-bond donors (Lipinski definition) is 1. The number of ether oxygens (including phenoxy) is 2. The van der Waals surface area contributed by atoms with E-state index in [1.54, 1.807) is 13.8 Å². The molecule has 0 aliphatic heterocycles. The molecule has 1 rings (SSSR count). The van der Waals surface area contributed by atoms with E-state index in [1.807, 2.05) is 0 Å². The van der Waals surface area contributed by atoms with Crippen LogP contribution >= 0.6 is 7.60 Å². The average Bonchev–Trinajstić information content (AvgIpc) is 2.65. The number of esters is 2. The number of allylic oxidation sites excluding steroid dienone is 2. The molecule has 0 amide bonds. The number of methoxy groups -OCH3 is 2. The topological polar surface area (TPSA) is 108 Å². The van der Waals surface area contributed by atoms with Gasteiger partial charge in [0.05, 0.1) is 38.3 Å².